The summed E-state index contributed by atoms with van der Waals surface area (Å²) >= 11 is 0. The second kappa shape index (κ2) is 8.64. The maximum Gasteiger partial charge on any atom is 0.248 e. The summed E-state index contributed by atoms with van der Waals surface area (Å²) in [5, 5.41) is 2.67. The largest absolute Gasteiger partial charge is 0.493 e. The molecule has 0 spiro atoms. The Hall–Kier alpha value is -2.64. The maximum absolute atomic E-state index is 12.2. The molecule has 2 rings (SSSR count). The predicted molar refractivity (Wildman–Crippen MR) is 103 cm³/mol. The van der Waals surface area contributed by atoms with Gasteiger partial charge in [0.1, 0.15) is 5.75 Å². The Morgan fingerprint density at radius 1 is 1.19 bits per heavy atom. The van der Waals surface area contributed by atoms with Crippen molar-refractivity contribution >= 4 is 27.7 Å². The van der Waals surface area contributed by atoms with Crippen molar-refractivity contribution < 1.29 is 17.9 Å². The number of carbonyl (C=O) groups excluding carboxylic acids is 1. The third-order valence-electron chi connectivity index (χ3n) is 3.65. The van der Waals surface area contributed by atoms with Crippen molar-refractivity contribution in [2.75, 3.05) is 19.0 Å². The van der Waals surface area contributed by atoms with Crippen LogP contribution in [0, 0.1) is 6.92 Å². The lowest BCUT2D eigenvalue weighted by molar-refractivity contribution is -0.111. The first-order valence-electron chi connectivity index (χ1n) is 8.12. The second-order valence-electron chi connectivity index (χ2n) is 5.48. The van der Waals surface area contributed by atoms with Gasteiger partial charge < -0.3 is 10.1 Å². The predicted octanol–water partition coefficient (Wildman–Crippen LogP) is 2.95. The van der Waals surface area contributed by atoms with Crippen molar-refractivity contribution in [3.8, 4) is 5.75 Å². The van der Waals surface area contributed by atoms with E-state index in [2.05, 4.69) is 10.0 Å². The summed E-state index contributed by atoms with van der Waals surface area (Å²) in [6, 6.07) is 12.1. The van der Waals surface area contributed by atoms with Gasteiger partial charge in [0, 0.05) is 17.3 Å². The van der Waals surface area contributed by atoms with Crippen LogP contribution in [0.4, 0.5) is 5.69 Å². The van der Waals surface area contributed by atoms with Crippen LogP contribution >= 0.6 is 0 Å². The molecule has 2 aromatic carbocycles. The molecule has 0 atom stereocenters. The number of hydrogen-bond acceptors (Lipinski definition) is 4. The zero-order chi connectivity index (χ0) is 19.2. The van der Waals surface area contributed by atoms with Crippen LogP contribution in [0.1, 0.15) is 18.1 Å². The zero-order valence-electron chi connectivity index (χ0n) is 14.9. The first kappa shape index (κ1) is 19.7. The Kier molecular flexibility index (Phi) is 6.54. The van der Waals surface area contributed by atoms with Gasteiger partial charge in [-0.3, -0.25) is 4.79 Å². The van der Waals surface area contributed by atoms with E-state index in [4.69, 9.17) is 4.74 Å². The first-order valence-corrected chi connectivity index (χ1v) is 9.60. The number of anilines is 1. The summed E-state index contributed by atoms with van der Waals surface area (Å²) in [4.78, 5) is 12.3. The third-order valence-corrected chi connectivity index (χ3v) is 5.20. The Balaban J connectivity index is 2.17. The molecule has 0 aromatic heterocycles. The van der Waals surface area contributed by atoms with Gasteiger partial charge in [-0.1, -0.05) is 24.3 Å². The van der Waals surface area contributed by atoms with Crippen molar-refractivity contribution in [2.24, 2.45) is 0 Å². The number of hydrogen-bond donors (Lipinski definition) is 2. The highest BCUT2D eigenvalue weighted by Crippen LogP contribution is 2.21. The Bertz CT molecular complexity index is 921. The van der Waals surface area contributed by atoms with E-state index in [0.29, 0.717) is 23.6 Å². The van der Waals surface area contributed by atoms with Crippen LogP contribution in [0.5, 0.6) is 5.75 Å². The molecular formula is C19H22N2O4S. The van der Waals surface area contributed by atoms with Crippen molar-refractivity contribution in [3.63, 3.8) is 0 Å². The molecule has 7 heteroatoms. The summed E-state index contributed by atoms with van der Waals surface area (Å²) in [6.45, 7) is 4.12. The van der Waals surface area contributed by atoms with Crippen LogP contribution in [0.25, 0.3) is 6.08 Å². The standard InChI is InChI=1S/C19H22N2O4S/c1-4-25-17-8-6-5-7-15(17)10-12-19(22)21-16-11-9-14(2)18(13-16)26(23,24)20-3/h5-13,20H,4H2,1-3H3,(H,21,22)/b12-10+. The molecule has 0 saturated heterocycles. The van der Waals surface area contributed by atoms with E-state index < -0.39 is 10.0 Å². The highest BCUT2D eigenvalue weighted by molar-refractivity contribution is 7.89. The number of ether oxygens (including phenoxy) is 1. The SMILES string of the molecule is CCOc1ccccc1/C=C/C(=O)Nc1ccc(C)c(S(=O)(=O)NC)c1. The number of para-hydroxylation sites is 1. The molecule has 2 N–H and O–H groups in total. The molecule has 0 aliphatic rings. The minimum Gasteiger partial charge on any atom is -0.493 e. The van der Waals surface area contributed by atoms with Crippen LogP contribution < -0.4 is 14.8 Å². The van der Waals surface area contributed by atoms with Gasteiger partial charge in [0.05, 0.1) is 11.5 Å². The maximum atomic E-state index is 12.2. The van der Waals surface area contributed by atoms with Gasteiger partial charge in [-0.05, 0) is 50.7 Å². The minimum absolute atomic E-state index is 0.128. The van der Waals surface area contributed by atoms with E-state index in [1.807, 2.05) is 31.2 Å². The van der Waals surface area contributed by atoms with Crippen LogP contribution in [0.15, 0.2) is 53.4 Å². The molecule has 0 bridgehead atoms. The first-order chi connectivity index (χ1) is 12.4. The van der Waals surface area contributed by atoms with E-state index in [1.165, 1.54) is 19.2 Å². The average Bonchev–Trinajstić information content (AvgIpc) is 2.62. The summed E-state index contributed by atoms with van der Waals surface area (Å²) < 4.78 is 31.8. The van der Waals surface area contributed by atoms with Gasteiger partial charge in [0.15, 0.2) is 0 Å². The molecule has 0 unspecified atom stereocenters. The van der Waals surface area contributed by atoms with Crippen LogP contribution in [0.2, 0.25) is 0 Å². The molecule has 0 saturated carbocycles. The number of sulfonamides is 1. The van der Waals surface area contributed by atoms with E-state index in [1.54, 1.807) is 25.1 Å². The van der Waals surface area contributed by atoms with Crippen molar-refractivity contribution in [1.29, 1.82) is 0 Å². The Labute approximate surface area is 153 Å². The van der Waals surface area contributed by atoms with E-state index >= 15 is 0 Å². The zero-order valence-corrected chi connectivity index (χ0v) is 15.8. The van der Waals surface area contributed by atoms with Gasteiger partial charge in [0.25, 0.3) is 0 Å². The van der Waals surface area contributed by atoms with Gasteiger partial charge in [0.2, 0.25) is 15.9 Å². The lowest BCUT2D eigenvalue weighted by atomic mass is 10.2. The number of carbonyl (C=O) groups is 1. The molecule has 2 aromatic rings. The summed E-state index contributed by atoms with van der Waals surface area (Å²) in [7, 11) is -2.24. The van der Waals surface area contributed by atoms with E-state index in [-0.39, 0.29) is 10.8 Å². The molecular weight excluding hydrogens is 352 g/mol. The molecule has 6 nitrogen and oxygen atoms in total. The number of amides is 1. The smallest absolute Gasteiger partial charge is 0.248 e. The van der Waals surface area contributed by atoms with E-state index in [9.17, 15) is 13.2 Å². The molecule has 138 valence electrons. The third kappa shape index (κ3) is 4.93. The molecule has 0 aliphatic carbocycles. The number of aryl methyl sites for hydroxylation is 1. The quantitative estimate of drug-likeness (QED) is 0.730. The lowest BCUT2D eigenvalue weighted by Gasteiger charge is -2.09. The van der Waals surface area contributed by atoms with Crippen molar-refractivity contribution in [1.82, 2.24) is 4.72 Å². The fraction of sp³-hybridized carbons (Fsp3) is 0.211. The average molecular weight is 374 g/mol. The second-order valence-corrected chi connectivity index (χ2v) is 7.34. The summed E-state index contributed by atoms with van der Waals surface area (Å²) in [5.74, 6) is 0.324. The molecule has 1 amide bonds. The number of nitrogens with one attached hydrogen (secondary N) is 2. The molecule has 0 aliphatic heterocycles. The molecule has 26 heavy (non-hydrogen) atoms. The molecule has 0 radical (unpaired) electrons. The summed E-state index contributed by atoms with van der Waals surface area (Å²) in [6.07, 6.45) is 3.03. The van der Waals surface area contributed by atoms with Crippen molar-refractivity contribution in [2.45, 2.75) is 18.7 Å². The van der Waals surface area contributed by atoms with Crippen molar-refractivity contribution in [3.05, 3.63) is 59.7 Å². The fourth-order valence-electron chi connectivity index (χ4n) is 2.33. The number of rotatable bonds is 7. The van der Waals surface area contributed by atoms with Gasteiger partial charge in [-0.15, -0.1) is 0 Å². The highest BCUT2D eigenvalue weighted by Gasteiger charge is 2.15. The Morgan fingerprint density at radius 2 is 1.92 bits per heavy atom. The molecule has 0 fully saturated rings. The van der Waals surface area contributed by atoms with E-state index in [0.717, 1.165) is 5.56 Å². The van der Waals surface area contributed by atoms with Crippen LogP contribution in [0.3, 0.4) is 0 Å². The van der Waals surface area contributed by atoms with Crippen LogP contribution in [-0.4, -0.2) is 28.0 Å². The molecule has 0 heterocycles. The van der Waals surface area contributed by atoms with Gasteiger partial charge >= 0.3 is 0 Å². The monoisotopic (exact) mass is 374 g/mol. The number of benzene rings is 2. The fourth-order valence-corrected chi connectivity index (χ4v) is 3.33. The van der Waals surface area contributed by atoms with Crippen LogP contribution in [-0.2, 0) is 14.8 Å². The summed E-state index contributed by atoms with van der Waals surface area (Å²) in [5.41, 5.74) is 1.78. The van der Waals surface area contributed by atoms with Gasteiger partial charge in [-0.25, -0.2) is 13.1 Å². The topological polar surface area (TPSA) is 84.5 Å². The van der Waals surface area contributed by atoms with Gasteiger partial charge in [-0.2, -0.15) is 0 Å². The normalized spacial score (nSPS) is 11.5. The Morgan fingerprint density at radius 3 is 2.62 bits per heavy atom. The lowest BCUT2D eigenvalue weighted by Crippen LogP contribution is -2.20. The highest BCUT2D eigenvalue weighted by atomic mass is 32.2. The minimum atomic E-state index is -3.59.